The molecule has 9 aromatic carbocycles. The van der Waals surface area contributed by atoms with Gasteiger partial charge in [-0.2, -0.15) is 0 Å². The molecule has 3 aliphatic rings. The second-order valence-corrected chi connectivity index (χ2v) is 15.5. The molecule has 1 nitrogen and oxygen atoms in total. The summed E-state index contributed by atoms with van der Waals surface area (Å²) in [6, 6.07) is 78.0. The van der Waals surface area contributed by atoms with Gasteiger partial charge in [-0.25, -0.2) is 0 Å². The normalized spacial score (nSPS) is 13.5. The number of para-hydroxylation sites is 1. The molecule has 57 heavy (non-hydrogen) atoms. The third-order valence-corrected chi connectivity index (χ3v) is 12.6. The monoisotopic (exact) mass is 722 g/mol. The SMILES string of the molecule is c1ccc(B2c3ccccc3Oc3cc(-c4cccc(-c5cccc(-c6ccc7c(c6)C6(c8ccccc8-c8ccccc86)c6ccccc6-7)c5)c4)ccc32)cc1. The largest absolute Gasteiger partial charge is 0.458 e. The lowest BCUT2D eigenvalue weighted by Crippen LogP contribution is -2.54. The van der Waals surface area contributed by atoms with Gasteiger partial charge < -0.3 is 4.74 Å². The van der Waals surface area contributed by atoms with E-state index in [1.807, 2.05) is 0 Å². The number of hydrogen-bond donors (Lipinski definition) is 0. The molecule has 1 heterocycles. The molecule has 0 saturated heterocycles. The van der Waals surface area contributed by atoms with Gasteiger partial charge >= 0.3 is 0 Å². The first-order valence-electron chi connectivity index (χ1n) is 19.9. The Kier molecular flexibility index (Phi) is 7.00. The maximum Gasteiger partial charge on any atom is 0.250 e. The van der Waals surface area contributed by atoms with E-state index in [0.29, 0.717) is 0 Å². The molecule has 0 N–H and O–H groups in total. The molecule has 0 saturated carbocycles. The third kappa shape index (κ3) is 4.71. The third-order valence-electron chi connectivity index (χ3n) is 12.6. The predicted octanol–water partition coefficient (Wildman–Crippen LogP) is 11.7. The Morgan fingerprint density at radius 2 is 0.754 bits per heavy atom. The summed E-state index contributed by atoms with van der Waals surface area (Å²) in [5, 5.41) is 0. The molecule has 0 unspecified atom stereocenters. The molecule has 1 spiro atoms. The Hall–Kier alpha value is -7.16. The summed E-state index contributed by atoms with van der Waals surface area (Å²) in [5.74, 6) is 1.83. The second kappa shape index (κ2) is 12.4. The van der Waals surface area contributed by atoms with E-state index < -0.39 is 0 Å². The van der Waals surface area contributed by atoms with E-state index in [2.05, 4.69) is 212 Å². The number of ether oxygens (including phenoxy) is 1. The Labute approximate surface area is 333 Å². The van der Waals surface area contributed by atoms with Crippen LogP contribution in [0.3, 0.4) is 0 Å². The summed E-state index contributed by atoms with van der Waals surface area (Å²) >= 11 is 0. The van der Waals surface area contributed by atoms with Gasteiger partial charge in [0.1, 0.15) is 11.5 Å². The average molecular weight is 723 g/mol. The Bertz CT molecular complexity index is 3010. The highest BCUT2D eigenvalue weighted by Gasteiger charge is 2.51. The van der Waals surface area contributed by atoms with E-state index in [0.717, 1.165) is 22.6 Å². The van der Waals surface area contributed by atoms with Crippen molar-refractivity contribution in [3.8, 4) is 67.1 Å². The summed E-state index contributed by atoms with van der Waals surface area (Å²) in [7, 11) is 0. The fourth-order valence-electron chi connectivity index (χ4n) is 10.2. The van der Waals surface area contributed by atoms with Crippen LogP contribution in [0.25, 0.3) is 55.6 Å². The van der Waals surface area contributed by atoms with Crippen LogP contribution in [0.2, 0.25) is 0 Å². The molecule has 0 atom stereocenters. The quantitative estimate of drug-likeness (QED) is 0.164. The fraction of sp³-hybridized carbons (Fsp3) is 0.0182. The first-order valence-corrected chi connectivity index (χ1v) is 19.9. The van der Waals surface area contributed by atoms with Gasteiger partial charge in [-0.1, -0.05) is 187 Å². The second-order valence-electron chi connectivity index (χ2n) is 15.5. The van der Waals surface area contributed by atoms with E-state index >= 15 is 0 Å². The van der Waals surface area contributed by atoms with E-state index in [1.54, 1.807) is 0 Å². The van der Waals surface area contributed by atoms with E-state index in [-0.39, 0.29) is 12.1 Å². The predicted molar refractivity (Wildman–Crippen MR) is 237 cm³/mol. The molecule has 0 fully saturated rings. The van der Waals surface area contributed by atoms with Crippen molar-refractivity contribution in [3.05, 3.63) is 235 Å². The van der Waals surface area contributed by atoms with Crippen LogP contribution >= 0.6 is 0 Å². The summed E-state index contributed by atoms with van der Waals surface area (Å²) in [6.45, 7) is 0.121. The van der Waals surface area contributed by atoms with Crippen molar-refractivity contribution in [2.24, 2.45) is 0 Å². The summed E-state index contributed by atoms with van der Waals surface area (Å²) < 4.78 is 6.60. The van der Waals surface area contributed by atoms with E-state index in [1.165, 1.54) is 83.1 Å². The number of rotatable bonds is 4. The molecule has 9 aromatic rings. The van der Waals surface area contributed by atoms with Gasteiger partial charge in [0.25, 0.3) is 6.71 Å². The fourth-order valence-corrected chi connectivity index (χ4v) is 10.2. The van der Waals surface area contributed by atoms with Gasteiger partial charge in [0.05, 0.1) is 5.41 Å². The van der Waals surface area contributed by atoms with Gasteiger partial charge in [0, 0.05) is 0 Å². The lowest BCUT2D eigenvalue weighted by molar-refractivity contribution is 0.487. The molecule has 264 valence electrons. The lowest BCUT2D eigenvalue weighted by atomic mass is 9.36. The minimum absolute atomic E-state index is 0.121. The van der Waals surface area contributed by atoms with Crippen LogP contribution in [0.15, 0.2) is 212 Å². The van der Waals surface area contributed by atoms with Crippen LogP contribution < -0.4 is 21.1 Å². The zero-order chi connectivity index (χ0) is 37.5. The average Bonchev–Trinajstić information content (AvgIpc) is 3.75. The van der Waals surface area contributed by atoms with Crippen LogP contribution in [0.1, 0.15) is 22.3 Å². The molecule has 0 aromatic heterocycles. The van der Waals surface area contributed by atoms with Gasteiger partial charge in [-0.05, 0) is 119 Å². The molecule has 0 amide bonds. The molecule has 0 bridgehead atoms. The van der Waals surface area contributed by atoms with Crippen molar-refractivity contribution >= 4 is 23.1 Å². The zero-order valence-electron chi connectivity index (χ0n) is 31.2. The van der Waals surface area contributed by atoms with Crippen molar-refractivity contribution in [1.29, 1.82) is 0 Å². The van der Waals surface area contributed by atoms with Gasteiger partial charge in [-0.15, -0.1) is 0 Å². The molecule has 0 radical (unpaired) electrons. The minimum Gasteiger partial charge on any atom is -0.458 e. The van der Waals surface area contributed by atoms with Crippen molar-refractivity contribution in [2.45, 2.75) is 5.41 Å². The number of benzene rings is 9. The Morgan fingerprint density at radius 3 is 1.37 bits per heavy atom. The minimum atomic E-state index is -0.358. The van der Waals surface area contributed by atoms with Crippen molar-refractivity contribution in [1.82, 2.24) is 0 Å². The molecular formula is C55H35BO. The van der Waals surface area contributed by atoms with Gasteiger partial charge in [-0.3, -0.25) is 0 Å². The lowest BCUT2D eigenvalue weighted by Gasteiger charge is -2.30. The highest BCUT2D eigenvalue weighted by Crippen LogP contribution is 2.63. The highest BCUT2D eigenvalue weighted by molar-refractivity contribution is 6.96. The Balaban J connectivity index is 0.935. The van der Waals surface area contributed by atoms with Crippen LogP contribution in [-0.2, 0) is 5.41 Å². The molecule has 2 heteroatoms. The summed E-state index contributed by atoms with van der Waals surface area (Å²) in [5.41, 5.74) is 21.2. The van der Waals surface area contributed by atoms with Crippen LogP contribution in [0.5, 0.6) is 11.5 Å². The van der Waals surface area contributed by atoms with Crippen LogP contribution in [0.4, 0.5) is 0 Å². The topological polar surface area (TPSA) is 9.23 Å². The Morgan fingerprint density at radius 1 is 0.298 bits per heavy atom. The van der Waals surface area contributed by atoms with Crippen molar-refractivity contribution in [2.75, 3.05) is 0 Å². The van der Waals surface area contributed by atoms with E-state index in [4.69, 9.17) is 4.74 Å². The van der Waals surface area contributed by atoms with Crippen LogP contribution in [-0.4, -0.2) is 6.71 Å². The summed E-state index contributed by atoms with van der Waals surface area (Å²) in [6.07, 6.45) is 0. The van der Waals surface area contributed by atoms with E-state index in [9.17, 15) is 0 Å². The summed E-state index contributed by atoms with van der Waals surface area (Å²) in [4.78, 5) is 0. The molecule has 1 aliphatic heterocycles. The first kappa shape index (κ1) is 32.1. The number of hydrogen-bond acceptors (Lipinski definition) is 1. The number of fused-ring (bicyclic) bond motifs is 12. The smallest absolute Gasteiger partial charge is 0.250 e. The van der Waals surface area contributed by atoms with Crippen molar-refractivity contribution in [3.63, 3.8) is 0 Å². The van der Waals surface area contributed by atoms with Crippen molar-refractivity contribution < 1.29 is 4.74 Å². The molecule has 12 rings (SSSR count). The highest BCUT2D eigenvalue weighted by atomic mass is 16.5. The molecule has 2 aliphatic carbocycles. The zero-order valence-corrected chi connectivity index (χ0v) is 31.2. The van der Waals surface area contributed by atoms with Crippen LogP contribution in [0, 0.1) is 0 Å². The molecular weight excluding hydrogens is 687 g/mol. The standard InChI is InChI=1S/C55H35BO/c1-2-18-42(19-3-1)56-51-26-10-11-27-53(51)57-54-35-41(29-31-52(54)56)39-17-13-15-37(33-39)36-14-12-16-38(32-36)40-28-30-46-45-22-6-9-25-49(45)55(50(46)34-40)47-23-7-4-20-43(47)44-21-5-8-24-48(44)55/h1-35H. The first-order chi connectivity index (χ1) is 28.3. The van der Waals surface area contributed by atoms with Gasteiger partial charge in [0.15, 0.2) is 0 Å². The van der Waals surface area contributed by atoms with Gasteiger partial charge in [0.2, 0.25) is 0 Å². The maximum absolute atomic E-state index is 6.60. The maximum atomic E-state index is 6.60.